The van der Waals surface area contributed by atoms with Gasteiger partial charge in [-0.1, -0.05) is 18.2 Å². The summed E-state index contributed by atoms with van der Waals surface area (Å²) in [6.45, 7) is 7.43. The van der Waals surface area contributed by atoms with E-state index in [9.17, 15) is 43.7 Å². The highest BCUT2D eigenvalue weighted by molar-refractivity contribution is 7.52. The van der Waals surface area contributed by atoms with Gasteiger partial charge in [-0.15, -0.1) is 0 Å². The van der Waals surface area contributed by atoms with Crippen molar-refractivity contribution in [1.29, 1.82) is 0 Å². The van der Waals surface area contributed by atoms with Crippen LogP contribution in [0.1, 0.15) is 60.2 Å². The summed E-state index contributed by atoms with van der Waals surface area (Å²) in [5.74, 6) is 0.620. The summed E-state index contributed by atoms with van der Waals surface area (Å²) in [5, 5.41) is 60.3. The van der Waals surface area contributed by atoms with Crippen LogP contribution in [-0.4, -0.2) is 197 Å². The van der Waals surface area contributed by atoms with E-state index < -0.39 is 118 Å². The Hall–Kier alpha value is -6.46. The van der Waals surface area contributed by atoms with Gasteiger partial charge in [0.2, 0.25) is 16.5 Å². The minimum Gasteiger partial charge on any atom is -0.462 e. The number of nitrogens with two attached hydrogens (primary N) is 1. The number of hydrogen-bond donors (Lipinski definition) is 10. The fourth-order valence-electron chi connectivity index (χ4n) is 9.06. The quantitative estimate of drug-likeness (QED) is 0.0354. The van der Waals surface area contributed by atoms with Crippen LogP contribution in [0.3, 0.4) is 0 Å². The van der Waals surface area contributed by atoms with Crippen LogP contribution in [0.5, 0.6) is 5.75 Å². The van der Waals surface area contributed by atoms with Gasteiger partial charge >= 0.3 is 13.7 Å². The Balaban J connectivity index is 0.000000177. The highest BCUT2D eigenvalue weighted by Gasteiger charge is 2.56. The van der Waals surface area contributed by atoms with Crippen LogP contribution in [0.4, 0.5) is 36.6 Å². The summed E-state index contributed by atoms with van der Waals surface area (Å²) >= 11 is 11.9. The molecule has 6 aromatic heterocycles. The molecule has 84 heavy (non-hydrogen) atoms. The number of alkyl halides is 3. The Bertz CT molecular complexity index is 3390. The second kappa shape index (κ2) is 25.2. The predicted octanol–water partition coefficient (Wildman–Crippen LogP) is 3.57. The van der Waals surface area contributed by atoms with E-state index in [-0.39, 0.29) is 39.2 Å². The third-order valence-electron chi connectivity index (χ3n) is 13.7. The molecule has 14 atom stereocenters. The van der Waals surface area contributed by atoms with Gasteiger partial charge < -0.3 is 70.7 Å². The minimum atomic E-state index is -4.30. The lowest BCUT2D eigenvalue weighted by Gasteiger charge is -2.30. The van der Waals surface area contributed by atoms with E-state index in [1.54, 1.807) is 65.3 Å². The maximum Gasteiger partial charge on any atom is 0.459 e. The third kappa shape index (κ3) is 12.6. The second-order valence-corrected chi connectivity index (χ2v) is 22.7. The number of rotatable bonds is 17. The van der Waals surface area contributed by atoms with Crippen molar-refractivity contribution >= 4 is 93.8 Å². The van der Waals surface area contributed by atoms with Gasteiger partial charge in [-0.25, -0.2) is 32.7 Å². The van der Waals surface area contributed by atoms with Crippen molar-refractivity contribution in [3.63, 3.8) is 0 Å². The van der Waals surface area contributed by atoms with Gasteiger partial charge in [0.1, 0.15) is 46.9 Å². The normalized spacial score (nSPS) is 28.6. The topological polar surface area (TPSA) is 396 Å². The smallest absolute Gasteiger partial charge is 0.459 e. The molecule has 0 radical (unpaired) electrons. The number of imidazole rings is 3. The molecule has 3 aliphatic rings. The highest BCUT2D eigenvalue weighted by Crippen LogP contribution is 2.49. The maximum atomic E-state index is 15.5. The van der Waals surface area contributed by atoms with Crippen molar-refractivity contribution in [2.75, 3.05) is 62.6 Å². The van der Waals surface area contributed by atoms with Crippen molar-refractivity contribution in [1.82, 2.24) is 63.6 Å². The van der Waals surface area contributed by atoms with Gasteiger partial charge in [0, 0.05) is 21.1 Å². The first kappa shape index (κ1) is 63.6. The molecule has 3 aliphatic heterocycles. The first-order valence-corrected chi connectivity index (χ1v) is 28.0. The molecule has 3 saturated heterocycles. The van der Waals surface area contributed by atoms with Crippen LogP contribution in [0, 0.1) is 0 Å². The molecule has 30 nitrogen and oxygen atoms in total. The third-order valence-corrected chi connectivity index (χ3v) is 15.7. The first-order chi connectivity index (χ1) is 39.7. The van der Waals surface area contributed by atoms with E-state index in [0.717, 1.165) is 0 Å². The van der Waals surface area contributed by atoms with Gasteiger partial charge in [0.25, 0.3) is 0 Å². The van der Waals surface area contributed by atoms with E-state index in [4.69, 9.17) is 56.9 Å². The number of esters is 1. The Kier molecular flexibility index (Phi) is 19.1. The number of carbonyl (C=O) groups excluding carboxylic acids is 1. The number of aliphatic hydroxyl groups is 5. The highest BCUT2D eigenvalue weighted by atomic mass is 35.5. The van der Waals surface area contributed by atoms with Crippen LogP contribution in [0.2, 0.25) is 10.6 Å². The monoisotopic (exact) mass is 1240 g/mol. The zero-order valence-electron chi connectivity index (χ0n) is 46.4. The summed E-state index contributed by atoms with van der Waals surface area (Å²) in [6.07, 6.45) is -10.3. The lowest BCUT2D eigenvalue weighted by molar-refractivity contribution is -0.149. The molecule has 0 saturated carbocycles. The molecule has 0 unspecified atom stereocenters. The summed E-state index contributed by atoms with van der Waals surface area (Å²) in [4.78, 5) is 49.1. The zero-order valence-corrected chi connectivity index (χ0v) is 48.8. The molecule has 11 N–H and O–H groups in total. The second-order valence-electron chi connectivity index (χ2n) is 20.3. The average Bonchev–Trinajstić information content (AvgIpc) is 2.80. The van der Waals surface area contributed by atoms with E-state index >= 15 is 4.39 Å². The molecule has 0 aliphatic carbocycles. The Morgan fingerprint density at radius 1 is 0.679 bits per heavy atom. The molecular formula is C48H63Cl2F3N17O13P. The summed E-state index contributed by atoms with van der Waals surface area (Å²) < 4.78 is 95.5. The van der Waals surface area contributed by atoms with E-state index in [1.807, 2.05) is 0 Å². The number of halogens is 5. The van der Waals surface area contributed by atoms with Gasteiger partial charge in [0.05, 0.1) is 44.9 Å². The number of anilines is 4. The largest absolute Gasteiger partial charge is 0.462 e. The zero-order chi connectivity index (χ0) is 61.4. The standard InChI is InChI=1S/C24H31ClFN6O7P.C12H15ClFN5O3.C12H17FN6O3/c1-13(2)37-22(34)14(3)31-40(35,39-15-9-7-6-8-10-15)36-11-24(4)18(33)16(26)21(38-24)32-12-28-17-19(27-5)29-23(25)30-20(17)32;1-12(3-20)7(21)5(14)10(22-12)19-4-16-6-8(15-2)17-11(13)18-9(6)19;1-12(3-20)7(21)5(13)10(22-12)19-4-16-6-8(15-2)17-11(14)18-9(6)19/h6-10,12-14,16,18,21,33H,11H2,1-5H3,(H,31,35)(H,27,29,30);4-5,7,10,20-21H,3H2,1-2H3,(H,15,17,18);4-5,7,10,20-21H,3H2,1-2H3,(H3,14,15,17,18)/t14-,16+,18-,21+,24+,40-;2*5-,7+,10-,12-/m011/s1. The van der Waals surface area contributed by atoms with Crippen LogP contribution < -0.4 is 31.3 Å². The number of carbonyl (C=O) groups is 1. The molecule has 9 heterocycles. The van der Waals surface area contributed by atoms with Crippen molar-refractivity contribution < 1.29 is 76.1 Å². The number of ether oxygens (including phenoxy) is 4. The van der Waals surface area contributed by atoms with Crippen LogP contribution in [0.15, 0.2) is 49.3 Å². The average molecular weight is 1250 g/mol. The number of fused-ring (bicyclic) bond motifs is 3. The lowest BCUT2D eigenvalue weighted by Crippen LogP contribution is -2.44. The molecule has 3 fully saturated rings. The molecule has 0 spiro atoms. The van der Waals surface area contributed by atoms with Gasteiger partial charge in [-0.2, -0.15) is 35.0 Å². The predicted molar refractivity (Wildman–Crippen MR) is 296 cm³/mol. The minimum absolute atomic E-state index is 0.00234. The molecule has 0 amide bonds. The molecule has 7 aromatic rings. The van der Waals surface area contributed by atoms with E-state index in [0.29, 0.717) is 34.0 Å². The fourth-order valence-corrected chi connectivity index (χ4v) is 11.0. The summed E-state index contributed by atoms with van der Waals surface area (Å²) in [7, 11) is 0.612. The number of hydrogen-bond acceptors (Lipinski definition) is 26. The van der Waals surface area contributed by atoms with Crippen molar-refractivity contribution in [2.45, 2.75) is 126 Å². The Morgan fingerprint density at radius 3 is 1.46 bits per heavy atom. The number of para-hydroxylation sites is 1. The molecule has 1 aromatic carbocycles. The van der Waals surface area contributed by atoms with Crippen molar-refractivity contribution in [2.24, 2.45) is 0 Å². The first-order valence-electron chi connectivity index (χ1n) is 25.7. The molecule has 36 heteroatoms. The SMILES string of the molecule is CNc1nc(Cl)nc2c1ncn2[C@@H]1O[C@](C)(CO)[C@@H](O)[C@H]1F.CNc1nc(Cl)nc2c1ncn2[C@@H]1O[C@](C)(CO[P@@](=O)(N[C@@H](C)C(=O)OC(C)C)Oc2ccccc2)[C@@H](O)[C@H]1F.CNc1nc(N)nc2c1ncn2[C@@H]1O[C@](C)(CO)[C@@H](O)[C@H]1F. The van der Waals surface area contributed by atoms with Crippen molar-refractivity contribution in [3.05, 3.63) is 59.9 Å². The molecule has 0 bridgehead atoms. The van der Waals surface area contributed by atoms with Gasteiger partial charge in [-0.05, 0) is 76.9 Å². The maximum absolute atomic E-state index is 15.5. The lowest BCUT2D eigenvalue weighted by atomic mass is 9.99. The number of aliphatic hydroxyl groups excluding tert-OH is 5. The van der Waals surface area contributed by atoms with Crippen LogP contribution in [0.25, 0.3) is 33.5 Å². The number of aromatic nitrogens is 12. The summed E-state index contributed by atoms with van der Waals surface area (Å²) in [5.41, 5.74) is 2.97. The van der Waals surface area contributed by atoms with Gasteiger partial charge in [0.15, 0.2) is 88.1 Å². The van der Waals surface area contributed by atoms with Crippen LogP contribution in [-0.2, 0) is 32.8 Å². The number of nitrogen functional groups attached to an aromatic ring is 1. The number of benzene rings is 1. The Morgan fingerprint density at radius 2 is 1.07 bits per heavy atom. The fraction of sp³-hybridized carbons (Fsp3) is 0.542. The number of nitrogens with zero attached hydrogens (tertiary/aromatic N) is 12. The van der Waals surface area contributed by atoms with Crippen LogP contribution >= 0.6 is 30.9 Å². The van der Waals surface area contributed by atoms with Gasteiger partial charge in [-0.3, -0.25) is 23.0 Å². The van der Waals surface area contributed by atoms with E-state index in [2.05, 4.69) is 65.9 Å². The Labute approximate surface area is 486 Å². The summed E-state index contributed by atoms with van der Waals surface area (Å²) in [6, 6.07) is 7.04. The molecular weight excluding hydrogens is 1180 g/mol. The van der Waals surface area contributed by atoms with Crippen molar-refractivity contribution in [3.8, 4) is 5.75 Å². The molecule has 458 valence electrons. The number of nitrogens with one attached hydrogen (secondary N) is 4. The van der Waals surface area contributed by atoms with E-state index in [1.165, 1.54) is 60.4 Å². The molecule has 10 rings (SSSR count).